The number of ether oxygens (including phenoxy) is 2. The van der Waals surface area contributed by atoms with Gasteiger partial charge in [0, 0.05) is 10.7 Å². The smallest absolute Gasteiger partial charge is 0.212 e. The maximum atomic E-state index is 13.5. The first-order valence-electron chi connectivity index (χ1n) is 4.21. The molecular weight excluding hydrogens is 253 g/mol. The molecule has 0 radical (unpaired) electrons. The van der Waals surface area contributed by atoms with Crippen molar-refractivity contribution in [3.8, 4) is 0 Å². The molecule has 1 aromatic heterocycles. The van der Waals surface area contributed by atoms with Gasteiger partial charge in [0.05, 0.1) is 13.2 Å². The van der Waals surface area contributed by atoms with Crippen LogP contribution < -0.4 is 0 Å². The van der Waals surface area contributed by atoms with Crippen molar-refractivity contribution in [3.05, 3.63) is 28.2 Å². The van der Waals surface area contributed by atoms with E-state index >= 15 is 0 Å². The lowest BCUT2D eigenvalue weighted by Gasteiger charge is -2.21. The standard InChI is InChI=1S/C9H9BrFNO2/c1-9(13-2-3-14-9)8-7(11)4-6(10)5-12-8/h4-5H,2-3H2,1H3. The van der Waals surface area contributed by atoms with Crippen LogP contribution in [-0.4, -0.2) is 18.2 Å². The molecule has 0 N–H and O–H groups in total. The number of aromatic nitrogens is 1. The van der Waals surface area contributed by atoms with Crippen LogP contribution in [0, 0.1) is 5.82 Å². The van der Waals surface area contributed by atoms with Gasteiger partial charge >= 0.3 is 0 Å². The lowest BCUT2D eigenvalue weighted by molar-refractivity contribution is -0.155. The van der Waals surface area contributed by atoms with Crippen molar-refractivity contribution in [1.29, 1.82) is 0 Å². The van der Waals surface area contributed by atoms with Crippen molar-refractivity contribution in [2.45, 2.75) is 12.7 Å². The second-order valence-corrected chi connectivity index (χ2v) is 4.04. The molecule has 0 saturated carbocycles. The maximum absolute atomic E-state index is 13.5. The van der Waals surface area contributed by atoms with E-state index in [4.69, 9.17) is 9.47 Å². The topological polar surface area (TPSA) is 31.4 Å². The highest BCUT2D eigenvalue weighted by Crippen LogP contribution is 2.31. The van der Waals surface area contributed by atoms with Crippen molar-refractivity contribution in [1.82, 2.24) is 4.98 Å². The quantitative estimate of drug-likeness (QED) is 0.777. The molecular formula is C9H9BrFNO2. The van der Waals surface area contributed by atoms with Crippen molar-refractivity contribution in [2.75, 3.05) is 13.2 Å². The molecule has 0 aliphatic carbocycles. The molecule has 0 atom stereocenters. The van der Waals surface area contributed by atoms with Gasteiger partial charge in [-0.15, -0.1) is 0 Å². The van der Waals surface area contributed by atoms with Gasteiger partial charge in [-0.05, 0) is 28.9 Å². The summed E-state index contributed by atoms with van der Waals surface area (Å²) in [6.45, 7) is 2.60. The number of nitrogens with zero attached hydrogens (tertiary/aromatic N) is 1. The third-order valence-electron chi connectivity index (χ3n) is 2.08. The number of hydrogen-bond donors (Lipinski definition) is 0. The van der Waals surface area contributed by atoms with Crippen LogP contribution in [0.25, 0.3) is 0 Å². The molecule has 0 spiro atoms. The fourth-order valence-corrected chi connectivity index (χ4v) is 1.70. The number of halogens is 2. The summed E-state index contributed by atoms with van der Waals surface area (Å²) < 4.78 is 24.7. The first kappa shape index (κ1) is 10.0. The molecule has 2 rings (SSSR count). The third kappa shape index (κ3) is 1.67. The molecule has 1 aliphatic rings. The van der Waals surface area contributed by atoms with Crippen LogP contribution in [0.15, 0.2) is 16.7 Å². The average molecular weight is 262 g/mol. The van der Waals surface area contributed by atoms with Crippen LogP contribution in [0.4, 0.5) is 4.39 Å². The van der Waals surface area contributed by atoms with Gasteiger partial charge in [0.2, 0.25) is 5.79 Å². The van der Waals surface area contributed by atoms with Gasteiger partial charge in [0.1, 0.15) is 5.69 Å². The fourth-order valence-electron chi connectivity index (χ4n) is 1.40. The molecule has 1 fully saturated rings. The summed E-state index contributed by atoms with van der Waals surface area (Å²) in [7, 11) is 0. The second kappa shape index (κ2) is 3.56. The minimum Gasteiger partial charge on any atom is -0.342 e. The zero-order valence-electron chi connectivity index (χ0n) is 7.59. The normalized spacial score (nSPS) is 19.9. The summed E-state index contributed by atoms with van der Waals surface area (Å²) in [5.74, 6) is -1.46. The average Bonchev–Trinajstić information content (AvgIpc) is 2.52. The fraction of sp³-hybridized carbons (Fsp3) is 0.444. The van der Waals surface area contributed by atoms with E-state index in [1.54, 1.807) is 6.92 Å². The molecule has 1 aliphatic heterocycles. The molecule has 76 valence electrons. The zero-order valence-corrected chi connectivity index (χ0v) is 9.17. The van der Waals surface area contributed by atoms with Gasteiger partial charge in [-0.1, -0.05) is 0 Å². The summed E-state index contributed by atoms with van der Waals surface area (Å²) in [4.78, 5) is 3.96. The highest BCUT2D eigenvalue weighted by molar-refractivity contribution is 9.10. The first-order chi connectivity index (χ1) is 6.62. The molecule has 0 aromatic carbocycles. The van der Waals surface area contributed by atoms with Crippen molar-refractivity contribution in [3.63, 3.8) is 0 Å². The van der Waals surface area contributed by atoms with Gasteiger partial charge in [-0.3, -0.25) is 4.98 Å². The summed E-state index contributed by atoms with van der Waals surface area (Å²) >= 11 is 3.14. The summed E-state index contributed by atoms with van der Waals surface area (Å²) in [6.07, 6.45) is 1.52. The van der Waals surface area contributed by atoms with Crippen LogP contribution in [0.3, 0.4) is 0 Å². The number of pyridine rings is 1. The molecule has 1 aromatic rings. The van der Waals surface area contributed by atoms with E-state index in [0.717, 1.165) is 0 Å². The number of hydrogen-bond acceptors (Lipinski definition) is 3. The molecule has 0 unspecified atom stereocenters. The zero-order chi connectivity index (χ0) is 10.2. The maximum Gasteiger partial charge on any atom is 0.212 e. The Bertz CT molecular complexity index is 353. The molecule has 2 heterocycles. The molecule has 5 heteroatoms. The summed E-state index contributed by atoms with van der Waals surface area (Å²) in [5, 5.41) is 0. The van der Waals surface area contributed by atoms with Crippen LogP contribution in [0.1, 0.15) is 12.6 Å². The third-order valence-corrected chi connectivity index (χ3v) is 2.51. The van der Waals surface area contributed by atoms with E-state index in [0.29, 0.717) is 17.7 Å². The van der Waals surface area contributed by atoms with E-state index in [2.05, 4.69) is 20.9 Å². The predicted octanol–water partition coefficient (Wildman–Crippen LogP) is 2.20. The van der Waals surface area contributed by atoms with E-state index < -0.39 is 11.6 Å². The van der Waals surface area contributed by atoms with E-state index in [1.807, 2.05) is 0 Å². The van der Waals surface area contributed by atoms with E-state index in [1.165, 1.54) is 12.3 Å². The van der Waals surface area contributed by atoms with Crippen LogP contribution in [0.5, 0.6) is 0 Å². The first-order valence-corrected chi connectivity index (χ1v) is 5.00. The Morgan fingerprint density at radius 2 is 2.14 bits per heavy atom. The monoisotopic (exact) mass is 261 g/mol. The lowest BCUT2D eigenvalue weighted by atomic mass is 10.2. The van der Waals surface area contributed by atoms with Gasteiger partial charge < -0.3 is 9.47 Å². The minimum atomic E-state index is -1.04. The predicted molar refractivity (Wildman–Crippen MR) is 51.2 cm³/mol. The second-order valence-electron chi connectivity index (χ2n) is 3.13. The van der Waals surface area contributed by atoms with Crippen LogP contribution in [-0.2, 0) is 15.3 Å². The van der Waals surface area contributed by atoms with Gasteiger partial charge in [-0.2, -0.15) is 0 Å². The Labute approximate surface area is 89.4 Å². The Kier molecular flexibility index (Phi) is 2.55. The van der Waals surface area contributed by atoms with Gasteiger partial charge in [0.15, 0.2) is 5.82 Å². The Morgan fingerprint density at radius 3 is 2.71 bits per heavy atom. The van der Waals surface area contributed by atoms with Crippen molar-refractivity contribution >= 4 is 15.9 Å². The molecule has 3 nitrogen and oxygen atoms in total. The van der Waals surface area contributed by atoms with Gasteiger partial charge in [0.25, 0.3) is 0 Å². The Hall–Kier alpha value is -0.520. The van der Waals surface area contributed by atoms with Crippen molar-refractivity contribution in [2.24, 2.45) is 0 Å². The molecule has 0 amide bonds. The molecule has 14 heavy (non-hydrogen) atoms. The number of rotatable bonds is 1. The van der Waals surface area contributed by atoms with Gasteiger partial charge in [-0.25, -0.2) is 4.39 Å². The van der Waals surface area contributed by atoms with Crippen LogP contribution >= 0.6 is 15.9 Å². The summed E-state index contributed by atoms with van der Waals surface area (Å²) in [5.41, 5.74) is 0.193. The minimum absolute atomic E-state index is 0.193. The van der Waals surface area contributed by atoms with E-state index in [-0.39, 0.29) is 5.69 Å². The SMILES string of the molecule is CC1(c2ncc(Br)cc2F)OCCO1. The van der Waals surface area contributed by atoms with E-state index in [9.17, 15) is 4.39 Å². The summed E-state index contributed by atoms with van der Waals surface area (Å²) in [6, 6.07) is 1.35. The highest BCUT2D eigenvalue weighted by Gasteiger charge is 2.37. The largest absolute Gasteiger partial charge is 0.342 e. The van der Waals surface area contributed by atoms with Crippen molar-refractivity contribution < 1.29 is 13.9 Å². The Morgan fingerprint density at radius 1 is 1.50 bits per heavy atom. The Balaban J connectivity index is 2.40. The highest BCUT2D eigenvalue weighted by atomic mass is 79.9. The lowest BCUT2D eigenvalue weighted by Crippen LogP contribution is -2.25. The molecule has 1 saturated heterocycles. The van der Waals surface area contributed by atoms with Crippen LogP contribution in [0.2, 0.25) is 0 Å². The molecule has 0 bridgehead atoms.